The third-order valence-corrected chi connectivity index (χ3v) is 2.62. The van der Waals surface area contributed by atoms with Crippen LogP contribution in [0.3, 0.4) is 0 Å². The normalized spacial score (nSPS) is 14.8. The summed E-state index contributed by atoms with van der Waals surface area (Å²) in [5.41, 5.74) is 4.84. The van der Waals surface area contributed by atoms with Gasteiger partial charge in [-0.2, -0.15) is 13.2 Å². The zero-order valence-corrected chi connectivity index (χ0v) is 10.8. The summed E-state index contributed by atoms with van der Waals surface area (Å²) in [6, 6.07) is 4.09. The molecule has 104 valence electrons. The predicted molar refractivity (Wildman–Crippen MR) is 66.5 cm³/mol. The second-order valence-corrected chi connectivity index (χ2v) is 3.97. The maximum Gasteiger partial charge on any atom is 0.416 e. The first kappa shape index (κ1) is 17.2. The second-order valence-electron chi connectivity index (χ2n) is 3.97. The molecule has 2 nitrogen and oxygen atoms in total. The number of aliphatic hydroxyl groups excluding tert-OH is 1. The van der Waals surface area contributed by atoms with Crippen LogP contribution >= 0.6 is 12.4 Å². The van der Waals surface area contributed by atoms with Crippen molar-refractivity contribution in [3.63, 3.8) is 0 Å². The molecule has 1 aromatic rings. The zero-order chi connectivity index (χ0) is 13.1. The Kier molecular flexibility index (Phi) is 6.67. The fraction of sp³-hybridized carbons (Fsp3) is 0.500. The minimum Gasteiger partial charge on any atom is -0.391 e. The van der Waals surface area contributed by atoms with Gasteiger partial charge in [0.05, 0.1) is 17.7 Å². The molecule has 0 heterocycles. The van der Waals surface area contributed by atoms with Gasteiger partial charge in [-0.15, -0.1) is 12.4 Å². The smallest absolute Gasteiger partial charge is 0.391 e. The molecule has 0 radical (unpaired) electrons. The highest BCUT2D eigenvalue weighted by atomic mass is 35.5. The Morgan fingerprint density at radius 2 is 1.83 bits per heavy atom. The Hall–Kier alpha value is -0.780. The summed E-state index contributed by atoms with van der Waals surface area (Å²) >= 11 is 0. The molecule has 1 rings (SSSR count). The van der Waals surface area contributed by atoms with Crippen LogP contribution in [0.1, 0.15) is 36.9 Å². The van der Waals surface area contributed by atoms with Gasteiger partial charge in [0.2, 0.25) is 0 Å². The highest BCUT2D eigenvalue weighted by Crippen LogP contribution is 2.35. The van der Waals surface area contributed by atoms with Crippen molar-refractivity contribution in [3.8, 4) is 0 Å². The lowest BCUT2D eigenvalue weighted by Gasteiger charge is -2.22. The molecule has 0 aliphatic heterocycles. The van der Waals surface area contributed by atoms with Gasteiger partial charge in [0, 0.05) is 0 Å². The number of hydrogen-bond donors (Lipinski definition) is 2. The van der Waals surface area contributed by atoms with Crippen LogP contribution < -0.4 is 5.73 Å². The highest BCUT2D eigenvalue weighted by Gasteiger charge is 2.35. The van der Waals surface area contributed by atoms with E-state index in [-0.39, 0.29) is 18.0 Å². The van der Waals surface area contributed by atoms with Crippen LogP contribution in [0.4, 0.5) is 13.2 Å². The topological polar surface area (TPSA) is 46.2 Å². The van der Waals surface area contributed by atoms with E-state index in [1.165, 1.54) is 18.2 Å². The van der Waals surface area contributed by atoms with Gasteiger partial charge >= 0.3 is 6.18 Å². The first-order chi connectivity index (χ1) is 7.88. The molecule has 1 aromatic carbocycles. The molecule has 0 aromatic heterocycles. The molecule has 3 N–H and O–H groups in total. The average molecular weight is 284 g/mol. The third kappa shape index (κ3) is 4.15. The van der Waals surface area contributed by atoms with E-state index < -0.39 is 23.9 Å². The number of hydrogen-bond acceptors (Lipinski definition) is 2. The van der Waals surface area contributed by atoms with Gasteiger partial charge in [0.15, 0.2) is 0 Å². The number of aliphatic hydroxyl groups is 1. The molecule has 2 atom stereocenters. The minimum absolute atomic E-state index is 0. The second kappa shape index (κ2) is 6.97. The third-order valence-electron chi connectivity index (χ3n) is 2.62. The number of nitrogens with two attached hydrogens (primary N) is 1. The molecule has 0 saturated heterocycles. The van der Waals surface area contributed by atoms with Crippen LogP contribution in [-0.4, -0.2) is 11.2 Å². The van der Waals surface area contributed by atoms with E-state index in [1.54, 1.807) is 0 Å². The molecule has 0 aliphatic carbocycles. The molecule has 0 amide bonds. The minimum atomic E-state index is -4.44. The van der Waals surface area contributed by atoms with Gasteiger partial charge in [0.1, 0.15) is 0 Å². The van der Waals surface area contributed by atoms with E-state index in [4.69, 9.17) is 5.73 Å². The van der Waals surface area contributed by atoms with Crippen molar-refractivity contribution in [2.24, 2.45) is 5.73 Å². The SMILES string of the molecule is CCC[C@H](O)[C@H](N)c1ccccc1C(F)(F)F.Cl. The van der Waals surface area contributed by atoms with Crippen LogP contribution in [0.25, 0.3) is 0 Å². The molecule has 0 spiro atoms. The van der Waals surface area contributed by atoms with E-state index >= 15 is 0 Å². The number of alkyl halides is 3. The summed E-state index contributed by atoms with van der Waals surface area (Å²) in [5, 5.41) is 9.67. The van der Waals surface area contributed by atoms with Crippen molar-refractivity contribution in [1.29, 1.82) is 0 Å². The molecule has 0 saturated carbocycles. The summed E-state index contributed by atoms with van der Waals surface area (Å²) in [6.07, 6.45) is -4.35. The molecule has 0 fully saturated rings. The lowest BCUT2D eigenvalue weighted by molar-refractivity contribution is -0.138. The summed E-state index contributed by atoms with van der Waals surface area (Å²) in [5.74, 6) is 0. The van der Waals surface area contributed by atoms with Gasteiger partial charge in [0.25, 0.3) is 0 Å². The molecule has 0 unspecified atom stereocenters. The first-order valence-corrected chi connectivity index (χ1v) is 5.47. The Bertz CT molecular complexity index is 371. The zero-order valence-electron chi connectivity index (χ0n) is 9.95. The molecule has 0 bridgehead atoms. The number of benzene rings is 1. The lowest BCUT2D eigenvalue weighted by Crippen LogP contribution is -2.28. The molecular weight excluding hydrogens is 267 g/mol. The average Bonchev–Trinajstić information content (AvgIpc) is 2.27. The maximum atomic E-state index is 12.7. The van der Waals surface area contributed by atoms with Crippen LogP contribution in [0.15, 0.2) is 24.3 Å². The largest absolute Gasteiger partial charge is 0.416 e. The van der Waals surface area contributed by atoms with Crippen molar-refractivity contribution in [2.45, 2.75) is 38.1 Å². The Labute approximate surface area is 110 Å². The van der Waals surface area contributed by atoms with E-state index in [2.05, 4.69) is 0 Å². The molecule has 0 aliphatic rings. The maximum absolute atomic E-state index is 12.7. The number of rotatable bonds is 4. The van der Waals surface area contributed by atoms with E-state index in [1.807, 2.05) is 6.92 Å². The van der Waals surface area contributed by atoms with Gasteiger partial charge in [-0.25, -0.2) is 0 Å². The van der Waals surface area contributed by atoms with Crippen LogP contribution in [0.5, 0.6) is 0 Å². The Morgan fingerprint density at radius 1 is 1.28 bits per heavy atom. The quantitative estimate of drug-likeness (QED) is 0.891. The Morgan fingerprint density at radius 3 is 2.33 bits per heavy atom. The van der Waals surface area contributed by atoms with Crippen molar-refractivity contribution in [1.82, 2.24) is 0 Å². The lowest BCUT2D eigenvalue weighted by atomic mass is 9.94. The van der Waals surface area contributed by atoms with Crippen molar-refractivity contribution in [3.05, 3.63) is 35.4 Å². The van der Waals surface area contributed by atoms with Gasteiger partial charge < -0.3 is 10.8 Å². The fourth-order valence-corrected chi connectivity index (χ4v) is 1.73. The summed E-state index contributed by atoms with van der Waals surface area (Å²) < 4.78 is 38.2. The summed E-state index contributed by atoms with van der Waals surface area (Å²) in [7, 11) is 0. The van der Waals surface area contributed by atoms with Crippen molar-refractivity contribution in [2.75, 3.05) is 0 Å². The van der Waals surface area contributed by atoms with E-state index in [9.17, 15) is 18.3 Å². The fourth-order valence-electron chi connectivity index (χ4n) is 1.73. The first-order valence-electron chi connectivity index (χ1n) is 5.47. The van der Waals surface area contributed by atoms with Gasteiger partial charge in [-0.1, -0.05) is 31.5 Å². The van der Waals surface area contributed by atoms with Crippen LogP contribution in [-0.2, 0) is 6.18 Å². The van der Waals surface area contributed by atoms with Crippen LogP contribution in [0.2, 0.25) is 0 Å². The Balaban J connectivity index is 0.00000289. The molecule has 18 heavy (non-hydrogen) atoms. The van der Waals surface area contributed by atoms with E-state index in [0.717, 1.165) is 6.07 Å². The summed E-state index contributed by atoms with van der Waals surface area (Å²) in [4.78, 5) is 0. The molecule has 6 heteroatoms. The van der Waals surface area contributed by atoms with Crippen molar-refractivity contribution >= 4 is 12.4 Å². The predicted octanol–water partition coefficient (Wildman–Crippen LogP) is 3.29. The van der Waals surface area contributed by atoms with Crippen molar-refractivity contribution < 1.29 is 18.3 Å². The standard InChI is InChI=1S/C12H16F3NO.ClH/c1-2-5-10(17)11(16)8-6-3-4-7-9(8)12(13,14)15;/h3-4,6-7,10-11,17H,2,5,16H2,1H3;1H/t10-,11+;/m0./s1. The van der Waals surface area contributed by atoms with Gasteiger partial charge in [-0.3, -0.25) is 0 Å². The number of halogens is 4. The molecular formula is C12H17ClF3NO. The van der Waals surface area contributed by atoms with Crippen LogP contribution in [0, 0.1) is 0 Å². The monoisotopic (exact) mass is 283 g/mol. The van der Waals surface area contributed by atoms with E-state index in [0.29, 0.717) is 12.8 Å². The van der Waals surface area contributed by atoms with Gasteiger partial charge in [-0.05, 0) is 18.1 Å². The summed E-state index contributed by atoms with van der Waals surface area (Å²) in [6.45, 7) is 1.84. The highest BCUT2D eigenvalue weighted by molar-refractivity contribution is 5.85.